The average molecular weight is 200 g/mol. The second kappa shape index (κ2) is 5.98. The second-order valence-electron chi connectivity index (χ2n) is 3.66. The molecular weight excluding hydrogens is 180 g/mol. The van der Waals surface area contributed by atoms with Gasteiger partial charge in [-0.25, -0.2) is 0 Å². The van der Waals surface area contributed by atoms with E-state index < -0.39 is 0 Å². The zero-order valence-electron chi connectivity index (χ0n) is 9.08. The Hall–Kier alpha value is -0.610. The van der Waals surface area contributed by atoms with Gasteiger partial charge >= 0.3 is 0 Å². The lowest BCUT2D eigenvalue weighted by atomic mass is 10.3. The average Bonchev–Trinajstić information content (AvgIpc) is 2.26. The van der Waals surface area contributed by atoms with Gasteiger partial charge in [0.25, 0.3) is 0 Å². The van der Waals surface area contributed by atoms with E-state index in [1.165, 1.54) is 0 Å². The molecule has 14 heavy (non-hydrogen) atoms. The molecule has 1 unspecified atom stereocenters. The van der Waals surface area contributed by atoms with Crippen LogP contribution in [0.25, 0.3) is 0 Å². The van der Waals surface area contributed by atoms with Gasteiger partial charge in [-0.1, -0.05) is 6.92 Å². The minimum absolute atomic E-state index is 0.117. The maximum atomic E-state index is 11.6. The number of nitrogens with zero attached hydrogens (tertiary/aromatic N) is 1. The van der Waals surface area contributed by atoms with E-state index in [4.69, 9.17) is 4.74 Å². The van der Waals surface area contributed by atoms with E-state index in [1.807, 2.05) is 11.8 Å². The minimum Gasteiger partial charge on any atom is -0.369 e. The van der Waals surface area contributed by atoms with Crippen molar-refractivity contribution in [3.05, 3.63) is 0 Å². The van der Waals surface area contributed by atoms with Crippen LogP contribution in [0.5, 0.6) is 0 Å². The lowest BCUT2D eigenvalue weighted by molar-refractivity contribution is -0.138. The number of rotatable bonds is 4. The zero-order valence-corrected chi connectivity index (χ0v) is 9.08. The van der Waals surface area contributed by atoms with Crippen LogP contribution in [0.3, 0.4) is 0 Å². The third kappa shape index (κ3) is 3.64. The van der Waals surface area contributed by atoms with Crippen molar-refractivity contribution in [3.8, 4) is 0 Å². The van der Waals surface area contributed by atoms with Crippen LogP contribution in [0.2, 0.25) is 0 Å². The number of carbonyl (C=O) groups is 1. The number of nitrogens with one attached hydrogen (secondary N) is 1. The Morgan fingerprint density at radius 1 is 1.50 bits per heavy atom. The highest BCUT2D eigenvalue weighted by Gasteiger charge is 2.16. The Morgan fingerprint density at radius 2 is 2.14 bits per heavy atom. The van der Waals surface area contributed by atoms with Crippen LogP contribution in [0, 0.1) is 0 Å². The van der Waals surface area contributed by atoms with Crippen molar-refractivity contribution in [1.82, 2.24) is 10.2 Å². The number of piperazine rings is 1. The van der Waals surface area contributed by atoms with Crippen molar-refractivity contribution in [1.29, 1.82) is 0 Å². The molecule has 0 radical (unpaired) electrons. The number of hydrogen-bond donors (Lipinski definition) is 1. The molecule has 1 heterocycles. The highest BCUT2D eigenvalue weighted by molar-refractivity contribution is 5.77. The smallest absolute Gasteiger partial charge is 0.248 e. The summed E-state index contributed by atoms with van der Waals surface area (Å²) >= 11 is 0. The van der Waals surface area contributed by atoms with Gasteiger partial charge in [-0.2, -0.15) is 0 Å². The Labute approximate surface area is 85.6 Å². The van der Waals surface area contributed by atoms with E-state index in [0.29, 0.717) is 0 Å². The van der Waals surface area contributed by atoms with Crippen molar-refractivity contribution in [2.75, 3.05) is 32.8 Å². The van der Waals surface area contributed by atoms with Crippen LogP contribution < -0.4 is 5.32 Å². The van der Waals surface area contributed by atoms with E-state index in [-0.39, 0.29) is 18.6 Å². The number of amides is 1. The van der Waals surface area contributed by atoms with Gasteiger partial charge in [0.1, 0.15) is 6.61 Å². The summed E-state index contributed by atoms with van der Waals surface area (Å²) in [5.41, 5.74) is 0. The van der Waals surface area contributed by atoms with Crippen LogP contribution >= 0.6 is 0 Å². The van der Waals surface area contributed by atoms with Crippen LogP contribution in [0.1, 0.15) is 20.3 Å². The maximum Gasteiger partial charge on any atom is 0.248 e. The first-order valence-corrected chi connectivity index (χ1v) is 5.34. The van der Waals surface area contributed by atoms with Gasteiger partial charge in [0.15, 0.2) is 0 Å². The molecule has 1 N–H and O–H groups in total. The Kier molecular flexibility index (Phi) is 4.90. The summed E-state index contributed by atoms with van der Waals surface area (Å²) < 4.78 is 5.39. The SMILES string of the molecule is CCC(C)OCC(=O)N1CCNCC1. The molecule has 0 aromatic rings. The van der Waals surface area contributed by atoms with Crippen LogP contribution in [-0.4, -0.2) is 49.7 Å². The molecule has 1 rings (SSSR count). The molecular formula is C10H20N2O2. The standard InChI is InChI=1S/C10H20N2O2/c1-3-9(2)14-8-10(13)12-6-4-11-5-7-12/h9,11H,3-8H2,1-2H3. The summed E-state index contributed by atoms with van der Waals surface area (Å²) in [4.78, 5) is 13.5. The molecule has 1 amide bonds. The van der Waals surface area contributed by atoms with E-state index in [9.17, 15) is 4.79 Å². The fraction of sp³-hybridized carbons (Fsp3) is 0.900. The molecule has 1 aliphatic rings. The topological polar surface area (TPSA) is 41.6 Å². The summed E-state index contributed by atoms with van der Waals surface area (Å²) in [6.07, 6.45) is 1.14. The predicted octanol–water partition coefficient (Wildman–Crippen LogP) is 0.233. The molecule has 0 aromatic heterocycles. The van der Waals surface area contributed by atoms with Gasteiger partial charge < -0.3 is 15.0 Å². The molecule has 0 saturated carbocycles. The van der Waals surface area contributed by atoms with Crippen molar-refractivity contribution < 1.29 is 9.53 Å². The fourth-order valence-corrected chi connectivity index (χ4v) is 1.34. The van der Waals surface area contributed by atoms with Crippen molar-refractivity contribution in [2.24, 2.45) is 0 Å². The largest absolute Gasteiger partial charge is 0.369 e. The van der Waals surface area contributed by atoms with Gasteiger partial charge in [0.05, 0.1) is 6.10 Å². The van der Waals surface area contributed by atoms with Gasteiger partial charge in [-0.15, -0.1) is 0 Å². The Balaban J connectivity index is 2.19. The Bertz CT molecular complexity index is 179. The Morgan fingerprint density at radius 3 is 2.71 bits per heavy atom. The van der Waals surface area contributed by atoms with Gasteiger partial charge in [0, 0.05) is 26.2 Å². The summed E-state index contributed by atoms with van der Waals surface area (Å²) in [5.74, 6) is 0.117. The molecule has 0 aliphatic carbocycles. The number of ether oxygens (including phenoxy) is 1. The molecule has 0 bridgehead atoms. The van der Waals surface area contributed by atoms with Gasteiger partial charge in [0.2, 0.25) is 5.91 Å². The quantitative estimate of drug-likeness (QED) is 0.706. The highest BCUT2D eigenvalue weighted by atomic mass is 16.5. The normalized spacial score (nSPS) is 19.4. The first kappa shape index (κ1) is 11.5. The molecule has 1 fully saturated rings. The van der Waals surface area contributed by atoms with Crippen molar-refractivity contribution >= 4 is 5.91 Å². The monoisotopic (exact) mass is 200 g/mol. The third-order valence-corrected chi connectivity index (χ3v) is 2.54. The predicted molar refractivity (Wildman–Crippen MR) is 55.2 cm³/mol. The first-order chi connectivity index (χ1) is 6.74. The third-order valence-electron chi connectivity index (χ3n) is 2.54. The van der Waals surface area contributed by atoms with E-state index in [2.05, 4.69) is 12.2 Å². The molecule has 1 saturated heterocycles. The van der Waals surface area contributed by atoms with E-state index >= 15 is 0 Å². The summed E-state index contributed by atoms with van der Waals surface area (Å²) in [5, 5.41) is 3.21. The molecule has 4 nitrogen and oxygen atoms in total. The van der Waals surface area contributed by atoms with Crippen LogP contribution in [0.4, 0.5) is 0 Å². The van der Waals surface area contributed by atoms with Gasteiger partial charge in [-0.3, -0.25) is 4.79 Å². The summed E-state index contributed by atoms with van der Waals surface area (Å²) in [6.45, 7) is 7.69. The molecule has 0 aromatic carbocycles. The molecule has 1 atom stereocenters. The van der Waals surface area contributed by atoms with Gasteiger partial charge in [-0.05, 0) is 13.3 Å². The fourth-order valence-electron chi connectivity index (χ4n) is 1.34. The second-order valence-corrected chi connectivity index (χ2v) is 3.66. The lowest BCUT2D eigenvalue weighted by Crippen LogP contribution is -2.47. The maximum absolute atomic E-state index is 11.6. The first-order valence-electron chi connectivity index (χ1n) is 5.34. The van der Waals surface area contributed by atoms with E-state index in [0.717, 1.165) is 32.6 Å². The van der Waals surface area contributed by atoms with Crippen molar-refractivity contribution in [3.63, 3.8) is 0 Å². The van der Waals surface area contributed by atoms with Crippen molar-refractivity contribution in [2.45, 2.75) is 26.4 Å². The highest BCUT2D eigenvalue weighted by Crippen LogP contribution is 1.99. The minimum atomic E-state index is 0.117. The van der Waals surface area contributed by atoms with E-state index in [1.54, 1.807) is 0 Å². The molecule has 4 heteroatoms. The summed E-state index contributed by atoms with van der Waals surface area (Å²) in [7, 11) is 0. The number of carbonyl (C=O) groups excluding carboxylic acids is 1. The molecule has 1 aliphatic heterocycles. The summed E-state index contributed by atoms with van der Waals surface area (Å²) in [6, 6.07) is 0. The number of hydrogen-bond acceptors (Lipinski definition) is 3. The van der Waals surface area contributed by atoms with Crippen LogP contribution in [-0.2, 0) is 9.53 Å². The lowest BCUT2D eigenvalue weighted by Gasteiger charge is -2.27. The molecule has 82 valence electrons. The molecule has 0 spiro atoms. The zero-order chi connectivity index (χ0) is 10.4. The van der Waals surface area contributed by atoms with Crippen LogP contribution in [0.15, 0.2) is 0 Å².